The van der Waals surface area contributed by atoms with Gasteiger partial charge >= 0.3 is 0 Å². The van der Waals surface area contributed by atoms with Crippen molar-refractivity contribution in [1.82, 2.24) is 4.90 Å². The molecule has 2 amide bonds. The van der Waals surface area contributed by atoms with Gasteiger partial charge in [0.1, 0.15) is 5.75 Å². The van der Waals surface area contributed by atoms with Gasteiger partial charge in [-0.1, -0.05) is 48.9 Å². The van der Waals surface area contributed by atoms with Crippen LogP contribution < -0.4 is 0 Å². The van der Waals surface area contributed by atoms with E-state index in [1.54, 1.807) is 13.0 Å². The number of hydrogen-bond acceptors (Lipinski definition) is 6. The molecule has 4 aliphatic rings. The fourth-order valence-corrected chi connectivity index (χ4v) is 8.38. The molecule has 6 atom stereocenters. The van der Waals surface area contributed by atoms with Crippen molar-refractivity contribution in [3.8, 4) is 5.75 Å². The smallest absolute Gasteiger partial charge is 0.234 e. The van der Waals surface area contributed by atoms with Crippen LogP contribution in [-0.2, 0) is 32.1 Å². The molecule has 2 aromatic rings. The van der Waals surface area contributed by atoms with E-state index in [0.29, 0.717) is 36.0 Å². The predicted octanol–water partition coefficient (Wildman–Crippen LogP) is 5.14. The van der Waals surface area contributed by atoms with E-state index in [2.05, 4.69) is 6.58 Å². The van der Waals surface area contributed by atoms with Crippen molar-refractivity contribution in [2.75, 3.05) is 0 Å². The fraction of sp³-hybridized carbons (Fsp3) is 0.375. The number of phenols is 1. The number of benzene rings is 1. The number of likely N-dealkylation sites (tertiary alicyclic amines) is 1. The molecule has 0 bridgehead atoms. The van der Waals surface area contributed by atoms with Crippen LogP contribution in [0.5, 0.6) is 5.75 Å². The standard InChI is InChI=1S/C32H31NO5S/c1-4-7-18-8-5-10-22(28(18)35)27-20-11-12-21-26(31(38)33(30(21)37)16-19-9-6-13-39-19)23(20)15-24-25(34)14-17(2)29(36)32(24,27)3/h4-6,8-11,13-14,21,23-24,26-27,35H,1,7,12,15-16H2,2-3H3/t21-,23+,24-,26-,27+,32+/m0/s1. The third kappa shape index (κ3) is 3.66. The van der Waals surface area contributed by atoms with Crippen molar-refractivity contribution in [3.63, 3.8) is 0 Å². The van der Waals surface area contributed by atoms with Crippen LogP contribution in [0.1, 0.15) is 48.6 Å². The van der Waals surface area contributed by atoms with Gasteiger partial charge in [-0.05, 0) is 60.8 Å². The van der Waals surface area contributed by atoms with Gasteiger partial charge in [-0.2, -0.15) is 0 Å². The summed E-state index contributed by atoms with van der Waals surface area (Å²) in [6.07, 6.45) is 6.33. The molecular formula is C32H31NO5S. The second-order valence-electron chi connectivity index (χ2n) is 11.4. The van der Waals surface area contributed by atoms with Gasteiger partial charge in [0.15, 0.2) is 11.6 Å². The Kier molecular flexibility index (Phi) is 6.10. The Morgan fingerprint density at radius 3 is 2.64 bits per heavy atom. The maximum atomic E-state index is 13.9. The highest BCUT2D eigenvalue weighted by atomic mass is 32.1. The van der Waals surface area contributed by atoms with Crippen LogP contribution in [0.25, 0.3) is 0 Å². The van der Waals surface area contributed by atoms with Crippen LogP contribution in [0.4, 0.5) is 0 Å². The number of para-hydroxylation sites is 1. The van der Waals surface area contributed by atoms with Gasteiger partial charge in [0.25, 0.3) is 0 Å². The quantitative estimate of drug-likeness (QED) is 0.418. The van der Waals surface area contributed by atoms with Crippen LogP contribution in [0, 0.1) is 29.1 Å². The number of allylic oxidation sites excluding steroid dienone is 5. The first kappa shape index (κ1) is 25.7. The summed E-state index contributed by atoms with van der Waals surface area (Å²) in [7, 11) is 0. The summed E-state index contributed by atoms with van der Waals surface area (Å²) < 4.78 is 0. The molecule has 200 valence electrons. The molecule has 3 aliphatic carbocycles. The van der Waals surface area contributed by atoms with E-state index in [9.17, 15) is 24.3 Å². The van der Waals surface area contributed by atoms with E-state index in [0.717, 1.165) is 10.5 Å². The summed E-state index contributed by atoms with van der Waals surface area (Å²) in [6.45, 7) is 7.56. The first-order valence-corrected chi connectivity index (χ1v) is 14.3. The number of amides is 2. The first-order chi connectivity index (χ1) is 18.7. The third-order valence-corrected chi connectivity index (χ3v) is 10.3. The Hall–Kier alpha value is -3.58. The normalized spacial score (nSPS) is 31.8. The predicted molar refractivity (Wildman–Crippen MR) is 148 cm³/mol. The molecule has 1 saturated heterocycles. The van der Waals surface area contributed by atoms with E-state index >= 15 is 0 Å². The number of Topliss-reactive ketones (excluding diaryl/α,β-unsaturated/α-hetero) is 1. The number of thiophene rings is 1. The SMILES string of the molecule is C=CCc1cccc([C@H]2C3=CC[C@@H]4C(=O)N(Cc5cccs5)C(=O)[C@@H]4[C@@H]3C[C@H]3C(=O)C=C(C)C(=O)[C@@]23C)c1O. The monoisotopic (exact) mass is 541 g/mol. The Morgan fingerprint density at radius 2 is 1.92 bits per heavy atom. The Labute approximate surface area is 231 Å². The molecule has 39 heavy (non-hydrogen) atoms. The first-order valence-electron chi connectivity index (χ1n) is 13.4. The highest BCUT2D eigenvalue weighted by Crippen LogP contribution is 2.63. The van der Waals surface area contributed by atoms with Gasteiger partial charge < -0.3 is 5.11 Å². The molecule has 0 radical (unpaired) electrons. The zero-order valence-corrected chi connectivity index (χ0v) is 22.9. The lowest BCUT2D eigenvalue weighted by Crippen LogP contribution is -2.54. The van der Waals surface area contributed by atoms with Crippen LogP contribution in [-0.4, -0.2) is 33.4 Å². The van der Waals surface area contributed by atoms with Gasteiger partial charge in [-0.3, -0.25) is 24.1 Å². The maximum absolute atomic E-state index is 13.9. The third-order valence-electron chi connectivity index (χ3n) is 9.45. The van der Waals surface area contributed by atoms with Gasteiger partial charge in [0, 0.05) is 22.3 Å². The van der Waals surface area contributed by atoms with Gasteiger partial charge in [-0.25, -0.2) is 0 Å². The molecule has 6 rings (SSSR count). The summed E-state index contributed by atoms with van der Waals surface area (Å²) in [5, 5.41) is 13.4. The Bertz CT molecular complexity index is 1480. The molecule has 2 heterocycles. The lowest BCUT2D eigenvalue weighted by molar-refractivity contribution is -0.142. The molecular weight excluding hydrogens is 510 g/mol. The fourth-order valence-electron chi connectivity index (χ4n) is 7.68. The van der Waals surface area contributed by atoms with E-state index < -0.39 is 29.1 Å². The van der Waals surface area contributed by atoms with Crippen molar-refractivity contribution in [1.29, 1.82) is 0 Å². The van der Waals surface area contributed by atoms with Gasteiger partial charge in [0.2, 0.25) is 11.8 Å². The minimum Gasteiger partial charge on any atom is -0.507 e. The van der Waals surface area contributed by atoms with Crippen molar-refractivity contribution in [2.45, 2.75) is 45.6 Å². The molecule has 1 aromatic heterocycles. The van der Waals surface area contributed by atoms with Gasteiger partial charge in [0.05, 0.1) is 23.8 Å². The summed E-state index contributed by atoms with van der Waals surface area (Å²) in [5.41, 5.74) is 1.45. The number of imide groups is 1. The molecule has 2 fully saturated rings. The summed E-state index contributed by atoms with van der Waals surface area (Å²) in [4.78, 5) is 57.1. The number of fused-ring (bicyclic) bond motifs is 4. The molecule has 7 heteroatoms. The summed E-state index contributed by atoms with van der Waals surface area (Å²) >= 11 is 1.51. The van der Waals surface area contributed by atoms with Crippen molar-refractivity contribution < 1.29 is 24.3 Å². The van der Waals surface area contributed by atoms with Crippen molar-refractivity contribution in [2.24, 2.45) is 29.1 Å². The maximum Gasteiger partial charge on any atom is 0.234 e. The van der Waals surface area contributed by atoms with Crippen LogP contribution in [0.2, 0.25) is 0 Å². The Balaban J connectivity index is 1.49. The lowest BCUT2D eigenvalue weighted by Gasteiger charge is -2.53. The molecule has 1 aliphatic heterocycles. The minimum atomic E-state index is -1.11. The average molecular weight is 542 g/mol. The number of aromatic hydroxyl groups is 1. The second-order valence-corrected chi connectivity index (χ2v) is 12.5. The number of rotatable bonds is 5. The molecule has 1 aromatic carbocycles. The molecule has 6 nitrogen and oxygen atoms in total. The van der Waals surface area contributed by atoms with Crippen molar-refractivity contribution >= 4 is 34.7 Å². The average Bonchev–Trinajstić information content (AvgIpc) is 3.51. The topological polar surface area (TPSA) is 91.8 Å². The number of hydrogen-bond donors (Lipinski definition) is 1. The number of nitrogens with zero attached hydrogens (tertiary/aromatic N) is 1. The van der Waals surface area contributed by atoms with Crippen LogP contribution >= 0.6 is 11.3 Å². The Morgan fingerprint density at radius 1 is 1.13 bits per heavy atom. The van der Waals surface area contributed by atoms with Gasteiger partial charge in [-0.15, -0.1) is 17.9 Å². The van der Waals surface area contributed by atoms with Crippen LogP contribution in [0.3, 0.4) is 0 Å². The van der Waals surface area contributed by atoms with E-state index in [1.807, 2.05) is 48.7 Å². The summed E-state index contributed by atoms with van der Waals surface area (Å²) in [5.74, 6) is -3.22. The lowest BCUT2D eigenvalue weighted by atomic mass is 9.47. The minimum absolute atomic E-state index is 0.0895. The van der Waals surface area contributed by atoms with E-state index in [-0.39, 0.29) is 41.6 Å². The summed E-state index contributed by atoms with van der Waals surface area (Å²) in [6, 6.07) is 9.32. The number of carbonyl (C=O) groups is 4. The number of phenolic OH excluding ortho intramolecular Hbond substituents is 1. The highest BCUT2D eigenvalue weighted by molar-refractivity contribution is 7.09. The zero-order chi connectivity index (χ0) is 27.6. The molecule has 0 spiro atoms. The highest BCUT2D eigenvalue weighted by Gasteiger charge is 2.63. The number of carbonyl (C=O) groups excluding carboxylic acids is 4. The second kappa shape index (κ2) is 9.26. The molecule has 1 saturated carbocycles. The van der Waals surface area contributed by atoms with E-state index in [4.69, 9.17) is 0 Å². The van der Waals surface area contributed by atoms with E-state index in [1.165, 1.54) is 22.3 Å². The molecule has 1 N–H and O–H groups in total. The number of ketones is 2. The van der Waals surface area contributed by atoms with Crippen molar-refractivity contribution in [3.05, 3.63) is 87.7 Å². The largest absolute Gasteiger partial charge is 0.507 e. The zero-order valence-electron chi connectivity index (χ0n) is 22.1. The van der Waals surface area contributed by atoms with Crippen LogP contribution in [0.15, 0.2) is 71.7 Å². The molecule has 0 unspecified atom stereocenters.